The maximum absolute atomic E-state index is 14.5. The van der Waals surface area contributed by atoms with Crippen molar-refractivity contribution in [3.05, 3.63) is 60.4 Å². The van der Waals surface area contributed by atoms with Crippen molar-refractivity contribution in [2.75, 3.05) is 17.7 Å². The number of methoxy groups -OCH3 is 1. The molecule has 0 saturated heterocycles. The van der Waals surface area contributed by atoms with Crippen molar-refractivity contribution >= 4 is 66.3 Å². The highest BCUT2D eigenvalue weighted by molar-refractivity contribution is 6.40. The van der Waals surface area contributed by atoms with Gasteiger partial charge in [0.05, 0.1) is 53.9 Å². The number of aliphatic hydroxyl groups is 2. The van der Waals surface area contributed by atoms with Crippen LogP contribution in [0.4, 0.5) is 11.4 Å². The molecular weight excluding hydrogens is 668 g/mol. The van der Waals surface area contributed by atoms with Crippen molar-refractivity contribution in [1.29, 1.82) is 0 Å². The van der Waals surface area contributed by atoms with Gasteiger partial charge in [-0.3, -0.25) is 14.4 Å². The first-order valence-electron chi connectivity index (χ1n) is 19.4. The number of ether oxygens (including phenoxy) is 1. The standard InChI is InChI=1S/C44H52N2O7/c1-7-9-11-13-15-44(16-14-12-10-8-2)24(5)45-41-34-28(50)18-25(20-47)31-32-26(21-48)19-29(51)35-37(32)38-33(36(31)34)27(40(41)46-44)17-22(3)30(23(4)49)39(38)43(53-6)42(35)52/h17-19,24,30,45-48,52H,7-16,20-21H2,1-6H3. The zero-order valence-corrected chi connectivity index (χ0v) is 31.8. The molecule has 0 spiro atoms. The molecule has 1 aliphatic heterocycles. The lowest BCUT2D eigenvalue weighted by molar-refractivity contribution is -0.117. The van der Waals surface area contributed by atoms with Crippen LogP contribution in [-0.2, 0) is 18.0 Å². The molecule has 280 valence electrons. The average Bonchev–Trinajstić information content (AvgIpc) is 3.26. The quantitative estimate of drug-likeness (QED) is 0.0433. The van der Waals surface area contributed by atoms with Crippen molar-refractivity contribution < 1.29 is 24.9 Å². The van der Waals surface area contributed by atoms with Gasteiger partial charge in [-0.1, -0.05) is 76.9 Å². The van der Waals surface area contributed by atoms with Gasteiger partial charge in [0.15, 0.2) is 22.4 Å². The lowest BCUT2D eigenvalue weighted by Gasteiger charge is -2.47. The van der Waals surface area contributed by atoms with E-state index < -0.39 is 24.6 Å². The molecule has 5 N–H and O–H groups in total. The Kier molecular flexibility index (Phi) is 9.79. The molecule has 7 rings (SSSR count). The maximum atomic E-state index is 14.5. The van der Waals surface area contributed by atoms with Gasteiger partial charge in [-0.15, -0.1) is 0 Å². The molecule has 1 heterocycles. The number of Topliss-reactive ketones (excluding diaryl/α,β-unsaturated/α-hetero) is 1. The molecule has 0 amide bonds. The SMILES string of the molecule is CCCCCCC1(CCCCCC)Nc2c(c3c(=O)cc(CO)c4c5c(CO)cc(=O)c6c(O)c(OC)c7c(c(c2C=C(C)C7C(C)=O)c34)c65)NC1C. The molecule has 0 saturated carbocycles. The molecule has 5 aromatic carbocycles. The third kappa shape index (κ3) is 5.44. The summed E-state index contributed by atoms with van der Waals surface area (Å²) in [7, 11) is 1.41. The number of allylic oxidation sites excluding steroid dienone is 1. The number of fused-ring (bicyclic) bond motifs is 4. The number of ketones is 1. The molecule has 9 nitrogen and oxygen atoms in total. The Morgan fingerprint density at radius 1 is 0.792 bits per heavy atom. The van der Waals surface area contributed by atoms with Crippen LogP contribution in [0.1, 0.15) is 127 Å². The van der Waals surface area contributed by atoms with E-state index in [9.17, 15) is 29.7 Å². The van der Waals surface area contributed by atoms with Crippen LogP contribution in [0.3, 0.4) is 0 Å². The fourth-order valence-electron chi connectivity index (χ4n) is 9.85. The van der Waals surface area contributed by atoms with Crippen LogP contribution in [0, 0.1) is 0 Å². The van der Waals surface area contributed by atoms with Gasteiger partial charge in [0.1, 0.15) is 5.78 Å². The summed E-state index contributed by atoms with van der Waals surface area (Å²) in [6.45, 7) is 9.07. The Morgan fingerprint density at radius 3 is 1.89 bits per heavy atom. The second-order valence-electron chi connectivity index (χ2n) is 15.5. The van der Waals surface area contributed by atoms with Gasteiger partial charge < -0.3 is 30.7 Å². The topological polar surface area (TPSA) is 145 Å². The van der Waals surface area contributed by atoms with Crippen molar-refractivity contribution in [2.45, 2.75) is 130 Å². The number of hydrogen-bond acceptors (Lipinski definition) is 9. The molecule has 53 heavy (non-hydrogen) atoms. The van der Waals surface area contributed by atoms with E-state index in [0.29, 0.717) is 60.1 Å². The summed E-state index contributed by atoms with van der Waals surface area (Å²) in [4.78, 5) is 42.2. The Morgan fingerprint density at radius 2 is 1.36 bits per heavy atom. The number of nitrogens with one attached hydrogen (secondary N) is 2. The number of anilines is 2. The smallest absolute Gasteiger partial charge is 0.190 e. The average molecular weight is 721 g/mol. The number of rotatable bonds is 14. The predicted octanol–water partition coefficient (Wildman–Crippen LogP) is 8.59. The normalized spacial score (nSPS) is 17.7. The molecular formula is C44H52N2O7. The fourth-order valence-corrected chi connectivity index (χ4v) is 9.85. The molecule has 0 bridgehead atoms. The van der Waals surface area contributed by atoms with Crippen molar-refractivity contribution in [2.24, 2.45) is 0 Å². The second kappa shape index (κ2) is 14.1. The van der Waals surface area contributed by atoms with Gasteiger partial charge in [0.2, 0.25) is 0 Å². The Hall–Kier alpha value is -4.47. The minimum Gasteiger partial charge on any atom is -0.504 e. The number of carbonyl (C=O) groups excluding carboxylic acids is 1. The number of hydrogen-bond donors (Lipinski definition) is 5. The summed E-state index contributed by atoms with van der Waals surface area (Å²) in [5.74, 6) is -1.36. The monoisotopic (exact) mass is 720 g/mol. The zero-order valence-electron chi connectivity index (χ0n) is 31.8. The van der Waals surface area contributed by atoms with E-state index in [1.165, 1.54) is 26.2 Å². The molecule has 0 aromatic heterocycles. The lowest BCUT2D eigenvalue weighted by atomic mass is 9.76. The summed E-state index contributed by atoms with van der Waals surface area (Å²) in [5, 5.41) is 45.0. The Balaban J connectivity index is 1.73. The van der Waals surface area contributed by atoms with Gasteiger partial charge in [-0.25, -0.2) is 0 Å². The van der Waals surface area contributed by atoms with Crippen LogP contribution < -0.4 is 26.2 Å². The number of carbonyl (C=O) groups is 1. The van der Waals surface area contributed by atoms with E-state index in [-0.39, 0.29) is 39.7 Å². The van der Waals surface area contributed by atoms with Crippen LogP contribution >= 0.6 is 0 Å². The highest BCUT2D eigenvalue weighted by Gasteiger charge is 2.43. The number of phenolic OH excluding ortho intramolecular Hbond substituents is 1. The first-order chi connectivity index (χ1) is 25.5. The van der Waals surface area contributed by atoms with Crippen LogP contribution in [0.25, 0.3) is 49.2 Å². The van der Waals surface area contributed by atoms with Gasteiger partial charge in [-0.05, 0) is 73.0 Å². The molecule has 0 fully saturated rings. The third-order valence-electron chi connectivity index (χ3n) is 12.3. The van der Waals surface area contributed by atoms with E-state index >= 15 is 0 Å². The fraction of sp³-hybridized carbons (Fsp3) is 0.477. The predicted molar refractivity (Wildman–Crippen MR) is 215 cm³/mol. The molecule has 1 aliphatic carbocycles. The van der Waals surface area contributed by atoms with Gasteiger partial charge in [0.25, 0.3) is 0 Å². The Labute approximate surface area is 309 Å². The zero-order chi connectivity index (χ0) is 37.9. The summed E-state index contributed by atoms with van der Waals surface area (Å²) in [5.41, 5.74) is 2.92. The molecule has 5 aromatic rings. The van der Waals surface area contributed by atoms with E-state index in [2.05, 4.69) is 31.4 Å². The second-order valence-corrected chi connectivity index (χ2v) is 15.5. The first kappa shape index (κ1) is 36.9. The third-order valence-corrected chi connectivity index (χ3v) is 12.3. The number of aromatic hydroxyl groups is 1. The van der Waals surface area contributed by atoms with Crippen molar-refractivity contribution in [3.8, 4) is 11.5 Å². The molecule has 2 unspecified atom stereocenters. The van der Waals surface area contributed by atoms with Crippen molar-refractivity contribution in [1.82, 2.24) is 0 Å². The van der Waals surface area contributed by atoms with Gasteiger partial charge >= 0.3 is 0 Å². The summed E-state index contributed by atoms with van der Waals surface area (Å²) < 4.78 is 5.90. The van der Waals surface area contributed by atoms with Gasteiger partial charge in [-0.2, -0.15) is 0 Å². The minimum atomic E-state index is -0.841. The molecule has 0 radical (unpaired) electrons. The van der Waals surface area contributed by atoms with E-state index in [1.54, 1.807) is 0 Å². The molecule has 2 atom stereocenters. The summed E-state index contributed by atoms with van der Waals surface area (Å²) in [6.07, 6.45) is 12.8. The van der Waals surface area contributed by atoms with E-state index in [4.69, 9.17) is 4.74 Å². The highest BCUT2D eigenvalue weighted by atomic mass is 16.5. The highest BCUT2D eigenvalue weighted by Crippen LogP contribution is 2.58. The minimum absolute atomic E-state index is 0.00752. The molecule has 9 heteroatoms. The number of benzene rings is 5. The van der Waals surface area contributed by atoms with Crippen LogP contribution in [-0.4, -0.2) is 39.8 Å². The van der Waals surface area contributed by atoms with Crippen LogP contribution in [0.2, 0.25) is 0 Å². The van der Waals surface area contributed by atoms with Crippen LogP contribution in [0.5, 0.6) is 11.5 Å². The van der Waals surface area contributed by atoms with E-state index in [0.717, 1.165) is 81.0 Å². The van der Waals surface area contributed by atoms with Crippen molar-refractivity contribution in [3.63, 3.8) is 0 Å². The summed E-state index contributed by atoms with van der Waals surface area (Å²) in [6, 6.07) is 2.72. The summed E-state index contributed by atoms with van der Waals surface area (Å²) >= 11 is 0. The largest absolute Gasteiger partial charge is 0.504 e. The van der Waals surface area contributed by atoms with Crippen LogP contribution in [0.15, 0.2) is 27.3 Å². The number of unbranched alkanes of at least 4 members (excludes halogenated alkanes) is 6. The lowest BCUT2D eigenvalue weighted by Crippen LogP contribution is -2.54. The number of phenols is 1. The Bertz CT molecular complexity index is 2400. The number of aliphatic hydroxyl groups excluding tert-OH is 2. The van der Waals surface area contributed by atoms with E-state index in [1.807, 2.05) is 13.0 Å². The first-order valence-corrected chi connectivity index (χ1v) is 19.4. The van der Waals surface area contributed by atoms with Gasteiger partial charge in [0, 0.05) is 33.3 Å². The maximum Gasteiger partial charge on any atom is 0.190 e. The molecule has 2 aliphatic rings.